The number of rotatable bonds is 7. The highest BCUT2D eigenvalue weighted by molar-refractivity contribution is 5.24. The zero-order chi connectivity index (χ0) is 14.2. The third kappa shape index (κ3) is 4.07. The van der Waals surface area contributed by atoms with E-state index in [9.17, 15) is 4.39 Å². The van der Waals surface area contributed by atoms with Crippen LogP contribution in [-0.4, -0.2) is 13.2 Å². The molecule has 0 saturated heterocycles. The third-order valence-electron chi connectivity index (χ3n) is 3.08. The summed E-state index contributed by atoms with van der Waals surface area (Å²) >= 11 is 0. The summed E-state index contributed by atoms with van der Waals surface area (Å²) in [5, 5.41) is 3.43. The molecule has 0 saturated carbocycles. The van der Waals surface area contributed by atoms with E-state index in [1.54, 1.807) is 18.2 Å². The highest BCUT2D eigenvalue weighted by atomic mass is 19.1. The Kier molecular flexibility index (Phi) is 5.56. The number of hydrogen-bond donors (Lipinski definition) is 1. The lowest BCUT2D eigenvalue weighted by Crippen LogP contribution is -2.27. The van der Waals surface area contributed by atoms with Crippen LogP contribution in [0.4, 0.5) is 4.39 Å². The first-order valence-corrected chi connectivity index (χ1v) is 6.97. The van der Waals surface area contributed by atoms with Crippen LogP contribution in [0.25, 0.3) is 0 Å². The summed E-state index contributed by atoms with van der Waals surface area (Å²) < 4.78 is 19.2. The van der Waals surface area contributed by atoms with Crippen molar-refractivity contribution in [3.63, 3.8) is 0 Å². The molecule has 0 radical (unpaired) electrons. The summed E-state index contributed by atoms with van der Waals surface area (Å²) in [6, 6.07) is 16.6. The van der Waals surface area contributed by atoms with E-state index in [-0.39, 0.29) is 11.9 Å². The smallest absolute Gasteiger partial charge is 0.165 e. The molecule has 2 rings (SSSR count). The average molecular weight is 273 g/mol. The van der Waals surface area contributed by atoms with E-state index in [0.29, 0.717) is 12.4 Å². The quantitative estimate of drug-likeness (QED) is 0.825. The lowest BCUT2D eigenvalue weighted by atomic mass is 10.1. The minimum absolute atomic E-state index is 0.0655. The van der Waals surface area contributed by atoms with Gasteiger partial charge in [-0.3, -0.25) is 0 Å². The van der Waals surface area contributed by atoms with Crippen molar-refractivity contribution in [2.75, 3.05) is 13.2 Å². The van der Waals surface area contributed by atoms with Crippen LogP contribution in [0, 0.1) is 5.82 Å². The minimum Gasteiger partial charge on any atom is -0.489 e. The van der Waals surface area contributed by atoms with Gasteiger partial charge in [0, 0.05) is 0 Å². The molecule has 1 N–H and O–H groups in total. The molecule has 106 valence electrons. The lowest BCUT2D eigenvalue weighted by molar-refractivity contribution is 0.255. The van der Waals surface area contributed by atoms with Crippen molar-refractivity contribution in [1.29, 1.82) is 0 Å². The van der Waals surface area contributed by atoms with Gasteiger partial charge in [-0.2, -0.15) is 0 Å². The van der Waals surface area contributed by atoms with Crippen molar-refractivity contribution in [3.05, 3.63) is 66.0 Å². The van der Waals surface area contributed by atoms with Gasteiger partial charge in [0.25, 0.3) is 0 Å². The number of nitrogens with one attached hydrogen (secondary N) is 1. The molecule has 0 aromatic heterocycles. The molecule has 0 fully saturated rings. The molecule has 20 heavy (non-hydrogen) atoms. The Morgan fingerprint density at radius 2 is 1.75 bits per heavy atom. The second-order valence-corrected chi connectivity index (χ2v) is 4.66. The molecule has 0 aliphatic rings. The summed E-state index contributed by atoms with van der Waals surface area (Å²) in [6.07, 6.45) is 1.04. The lowest BCUT2D eigenvalue weighted by Gasteiger charge is -2.19. The van der Waals surface area contributed by atoms with Crippen LogP contribution < -0.4 is 10.1 Å². The maximum atomic E-state index is 13.5. The SMILES string of the molecule is CCCNC(COc1ccccc1F)c1ccccc1. The first kappa shape index (κ1) is 14.5. The Bertz CT molecular complexity index is 515. The largest absolute Gasteiger partial charge is 0.489 e. The highest BCUT2D eigenvalue weighted by Gasteiger charge is 2.12. The molecule has 1 unspecified atom stereocenters. The van der Waals surface area contributed by atoms with Crippen molar-refractivity contribution < 1.29 is 9.13 Å². The zero-order valence-corrected chi connectivity index (χ0v) is 11.7. The average Bonchev–Trinajstić information content (AvgIpc) is 2.50. The van der Waals surface area contributed by atoms with Gasteiger partial charge in [0.15, 0.2) is 11.6 Å². The second-order valence-electron chi connectivity index (χ2n) is 4.66. The monoisotopic (exact) mass is 273 g/mol. The van der Waals surface area contributed by atoms with Gasteiger partial charge < -0.3 is 10.1 Å². The molecular formula is C17H20FNO. The molecule has 0 aliphatic carbocycles. The van der Waals surface area contributed by atoms with Gasteiger partial charge in [0.05, 0.1) is 6.04 Å². The van der Waals surface area contributed by atoms with Gasteiger partial charge in [-0.05, 0) is 30.7 Å². The Morgan fingerprint density at radius 1 is 1.05 bits per heavy atom. The van der Waals surface area contributed by atoms with Crippen molar-refractivity contribution in [2.24, 2.45) is 0 Å². The molecule has 2 nitrogen and oxygen atoms in total. The predicted molar refractivity (Wildman–Crippen MR) is 79.4 cm³/mol. The third-order valence-corrected chi connectivity index (χ3v) is 3.08. The van der Waals surface area contributed by atoms with Gasteiger partial charge in [-0.25, -0.2) is 4.39 Å². The first-order valence-electron chi connectivity index (χ1n) is 6.97. The fraction of sp³-hybridized carbons (Fsp3) is 0.294. The number of hydrogen-bond acceptors (Lipinski definition) is 2. The van der Waals surface area contributed by atoms with Crippen molar-refractivity contribution in [3.8, 4) is 5.75 Å². The Hall–Kier alpha value is -1.87. The second kappa shape index (κ2) is 7.65. The van der Waals surface area contributed by atoms with E-state index in [2.05, 4.69) is 24.4 Å². The Morgan fingerprint density at radius 3 is 2.45 bits per heavy atom. The van der Waals surface area contributed by atoms with E-state index in [0.717, 1.165) is 18.5 Å². The molecule has 0 amide bonds. The van der Waals surface area contributed by atoms with Crippen LogP contribution in [0.15, 0.2) is 54.6 Å². The van der Waals surface area contributed by atoms with Crippen molar-refractivity contribution >= 4 is 0 Å². The van der Waals surface area contributed by atoms with Gasteiger partial charge in [-0.1, -0.05) is 49.4 Å². The van der Waals surface area contributed by atoms with Crippen LogP contribution in [0.2, 0.25) is 0 Å². The van der Waals surface area contributed by atoms with Gasteiger partial charge in [-0.15, -0.1) is 0 Å². The molecule has 2 aromatic carbocycles. The molecule has 3 heteroatoms. The normalized spacial score (nSPS) is 12.1. The van der Waals surface area contributed by atoms with Crippen molar-refractivity contribution in [2.45, 2.75) is 19.4 Å². The van der Waals surface area contributed by atoms with E-state index < -0.39 is 0 Å². The van der Waals surface area contributed by atoms with E-state index in [1.807, 2.05) is 18.2 Å². The molecular weight excluding hydrogens is 253 g/mol. The molecule has 0 spiro atoms. The number of benzene rings is 2. The van der Waals surface area contributed by atoms with Gasteiger partial charge >= 0.3 is 0 Å². The fourth-order valence-corrected chi connectivity index (χ4v) is 2.01. The Balaban J connectivity index is 2.03. The summed E-state index contributed by atoms with van der Waals surface area (Å²) in [7, 11) is 0. The van der Waals surface area contributed by atoms with Crippen LogP contribution in [-0.2, 0) is 0 Å². The maximum absolute atomic E-state index is 13.5. The molecule has 0 bridgehead atoms. The van der Waals surface area contributed by atoms with E-state index >= 15 is 0 Å². The van der Waals surface area contributed by atoms with Gasteiger partial charge in [0.2, 0.25) is 0 Å². The molecule has 2 aromatic rings. The van der Waals surface area contributed by atoms with Crippen molar-refractivity contribution in [1.82, 2.24) is 5.32 Å². The first-order chi connectivity index (χ1) is 9.81. The minimum atomic E-state index is -0.324. The summed E-state index contributed by atoms with van der Waals surface area (Å²) in [5.41, 5.74) is 1.15. The van der Waals surface area contributed by atoms with Crippen LogP contribution in [0.1, 0.15) is 24.9 Å². The van der Waals surface area contributed by atoms with Crippen LogP contribution in [0.5, 0.6) is 5.75 Å². The number of ether oxygens (including phenoxy) is 1. The molecule has 0 aliphatic heterocycles. The van der Waals surface area contributed by atoms with Crippen LogP contribution in [0.3, 0.4) is 0 Å². The summed E-state index contributed by atoms with van der Waals surface area (Å²) in [4.78, 5) is 0. The van der Waals surface area contributed by atoms with E-state index in [4.69, 9.17) is 4.74 Å². The maximum Gasteiger partial charge on any atom is 0.165 e. The van der Waals surface area contributed by atoms with E-state index in [1.165, 1.54) is 6.07 Å². The number of para-hydroxylation sites is 1. The number of halogens is 1. The zero-order valence-electron chi connectivity index (χ0n) is 11.7. The highest BCUT2D eigenvalue weighted by Crippen LogP contribution is 2.19. The summed E-state index contributed by atoms with van der Waals surface area (Å²) in [6.45, 7) is 3.43. The van der Waals surface area contributed by atoms with Crippen LogP contribution >= 0.6 is 0 Å². The molecule has 0 heterocycles. The summed E-state index contributed by atoms with van der Waals surface area (Å²) in [5.74, 6) is -0.0264. The Labute approximate surface area is 119 Å². The topological polar surface area (TPSA) is 21.3 Å². The molecule has 1 atom stereocenters. The fourth-order valence-electron chi connectivity index (χ4n) is 2.01. The predicted octanol–water partition coefficient (Wildman–Crippen LogP) is 3.95. The van der Waals surface area contributed by atoms with Gasteiger partial charge in [0.1, 0.15) is 6.61 Å². The standard InChI is InChI=1S/C17H20FNO/c1-2-12-19-16(14-8-4-3-5-9-14)13-20-17-11-7-6-10-15(17)18/h3-11,16,19H,2,12-13H2,1H3.